The number of nitrogens with two attached hydrogens (primary N) is 1. The lowest BCUT2D eigenvalue weighted by atomic mass is 10.2. The summed E-state index contributed by atoms with van der Waals surface area (Å²) in [7, 11) is 3.50. The SMILES string of the molecule is Cc1cccc(SCC(=O)N(C)C)c1N. The molecule has 15 heavy (non-hydrogen) atoms. The van der Waals surface area contributed by atoms with Gasteiger partial charge in [0.05, 0.1) is 5.75 Å². The average molecular weight is 224 g/mol. The van der Waals surface area contributed by atoms with E-state index in [1.54, 1.807) is 19.0 Å². The predicted molar refractivity (Wildman–Crippen MR) is 65.0 cm³/mol. The van der Waals surface area contributed by atoms with Crippen molar-refractivity contribution in [2.75, 3.05) is 25.6 Å². The largest absolute Gasteiger partial charge is 0.398 e. The van der Waals surface area contributed by atoms with Crippen molar-refractivity contribution in [3.63, 3.8) is 0 Å². The van der Waals surface area contributed by atoms with E-state index in [2.05, 4.69) is 0 Å². The first-order valence-electron chi connectivity index (χ1n) is 4.70. The number of hydrogen-bond donors (Lipinski definition) is 1. The van der Waals surface area contributed by atoms with Crippen molar-refractivity contribution < 1.29 is 4.79 Å². The van der Waals surface area contributed by atoms with E-state index in [0.29, 0.717) is 5.75 Å². The van der Waals surface area contributed by atoms with Gasteiger partial charge in [0.1, 0.15) is 0 Å². The molecule has 1 aromatic rings. The second-order valence-electron chi connectivity index (χ2n) is 3.56. The number of carbonyl (C=O) groups is 1. The van der Waals surface area contributed by atoms with Crippen LogP contribution >= 0.6 is 11.8 Å². The van der Waals surface area contributed by atoms with Gasteiger partial charge in [0.25, 0.3) is 0 Å². The minimum Gasteiger partial charge on any atom is -0.398 e. The molecule has 0 aromatic heterocycles. The summed E-state index contributed by atoms with van der Waals surface area (Å²) in [5.41, 5.74) is 7.72. The molecule has 4 heteroatoms. The Morgan fingerprint density at radius 1 is 1.47 bits per heavy atom. The zero-order valence-electron chi connectivity index (χ0n) is 9.28. The number of benzene rings is 1. The fourth-order valence-electron chi connectivity index (χ4n) is 1.05. The first-order chi connectivity index (χ1) is 7.02. The molecular formula is C11H16N2OS. The Kier molecular flexibility index (Phi) is 4.03. The Morgan fingerprint density at radius 2 is 2.13 bits per heavy atom. The van der Waals surface area contributed by atoms with Crippen LogP contribution in [0.2, 0.25) is 0 Å². The van der Waals surface area contributed by atoms with E-state index < -0.39 is 0 Å². The van der Waals surface area contributed by atoms with Gasteiger partial charge in [0, 0.05) is 24.7 Å². The van der Waals surface area contributed by atoms with E-state index in [4.69, 9.17) is 5.73 Å². The molecule has 0 spiro atoms. The van der Waals surface area contributed by atoms with Crippen LogP contribution < -0.4 is 5.73 Å². The van der Waals surface area contributed by atoms with E-state index in [1.165, 1.54) is 11.8 Å². The van der Waals surface area contributed by atoms with Gasteiger partial charge in [-0.1, -0.05) is 12.1 Å². The summed E-state index contributed by atoms with van der Waals surface area (Å²) in [5.74, 6) is 0.529. The molecule has 0 heterocycles. The number of para-hydroxylation sites is 1. The van der Waals surface area contributed by atoms with Crippen molar-refractivity contribution in [2.45, 2.75) is 11.8 Å². The third-order valence-electron chi connectivity index (χ3n) is 2.13. The van der Waals surface area contributed by atoms with Gasteiger partial charge in [-0.2, -0.15) is 0 Å². The molecule has 1 rings (SSSR count). The predicted octanol–water partition coefficient (Wildman–Crippen LogP) is 1.76. The molecule has 0 unspecified atom stereocenters. The van der Waals surface area contributed by atoms with Crippen LogP contribution in [0.15, 0.2) is 23.1 Å². The molecule has 0 fully saturated rings. The minimum atomic E-state index is 0.0981. The van der Waals surface area contributed by atoms with Crippen LogP contribution in [-0.4, -0.2) is 30.7 Å². The molecule has 82 valence electrons. The first-order valence-corrected chi connectivity index (χ1v) is 5.69. The Hall–Kier alpha value is -1.16. The van der Waals surface area contributed by atoms with Crippen LogP contribution in [-0.2, 0) is 4.79 Å². The van der Waals surface area contributed by atoms with Gasteiger partial charge in [-0.3, -0.25) is 4.79 Å². The molecule has 0 saturated carbocycles. The Bertz CT molecular complexity index is 364. The number of anilines is 1. The van der Waals surface area contributed by atoms with Gasteiger partial charge in [0.15, 0.2) is 0 Å². The van der Waals surface area contributed by atoms with E-state index >= 15 is 0 Å². The maximum atomic E-state index is 11.4. The van der Waals surface area contributed by atoms with Crippen molar-refractivity contribution in [3.8, 4) is 0 Å². The quantitative estimate of drug-likeness (QED) is 0.628. The summed E-state index contributed by atoms with van der Waals surface area (Å²) in [4.78, 5) is 13.9. The van der Waals surface area contributed by atoms with Crippen LogP contribution in [0.1, 0.15) is 5.56 Å². The van der Waals surface area contributed by atoms with Crippen LogP contribution in [0.5, 0.6) is 0 Å². The highest BCUT2D eigenvalue weighted by atomic mass is 32.2. The maximum Gasteiger partial charge on any atom is 0.232 e. The Labute approximate surface area is 94.6 Å². The summed E-state index contributed by atoms with van der Waals surface area (Å²) in [6.07, 6.45) is 0. The average Bonchev–Trinajstić information content (AvgIpc) is 2.19. The van der Waals surface area contributed by atoms with Gasteiger partial charge >= 0.3 is 0 Å². The van der Waals surface area contributed by atoms with Gasteiger partial charge < -0.3 is 10.6 Å². The maximum absolute atomic E-state index is 11.4. The number of amides is 1. The lowest BCUT2D eigenvalue weighted by Gasteiger charge is -2.11. The molecule has 0 aliphatic carbocycles. The van der Waals surface area contributed by atoms with Gasteiger partial charge in [0.2, 0.25) is 5.91 Å². The fourth-order valence-corrected chi connectivity index (χ4v) is 2.08. The third-order valence-corrected chi connectivity index (χ3v) is 3.19. The molecule has 2 N–H and O–H groups in total. The van der Waals surface area contributed by atoms with E-state index in [-0.39, 0.29) is 5.91 Å². The molecular weight excluding hydrogens is 208 g/mol. The number of nitrogens with zero attached hydrogens (tertiary/aromatic N) is 1. The molecule has 3 nitrogen and oxygen atoms in total. The number of nitrogen functional groups attached to an aromatic ring is 1. The topological polar surface area (TPSA) is 46.3 Å². The second kappa shape index (κ2) is 5.07. The number of hydrogen-bond acceptors (Lipinski definition) is 3. The van der Waals surface area contributed by atoms with Crippen LogP contribution in [0.3, 0.4) is 0 Å². The summed E-state index contributed by atoms with van der Waals surface area (Å²) >= 11 is 1.48. The molecule has 0 saturated heterocycles. The smallest absolute Gasteiger partial charge is 0.232 e. The lowest BCUT2D eigenvalue weighted by Crippen LogP contribution is -2.23. The van der Waals surface area contributed by atoms with Crippen LogP contribution in [0, 0.1) is 6.92 Å². The highest BCUT2D eigenvalue weighted by Gasteiger charge is 2.07. The van der Waals surface area contributed by atoms with Crippen molar-refractivity contribution in [2.24, 2.45) is 0 Å². The van der Waals surface area contributed by atoms with Crippen LogP contribution in [0.4, 0.5) is 5.69 Å². The van der Waals surface area contributed by atoms with E-state index in [9.17, 15) is 4.79 Å². The minimum absolute atomic E-state index is 0.0981. The Balaban J connectivity index is 2.66. The van der Waals surface area contributed by atoms with Crippen molar-refractivity contribution in [1.82, 2.24) is 4.90 Å². The summed E-state index contributed by atoms with van der Waals surface area (Å²) in [5, 5.41) is 0. The molecule has 1 amide bonds. The van der Waals surface area contributed by atoms with E-state index in [0.717, 1.165) is 16.1 Å². The second-order valence-corrected chi connectivity index (χ2v) is 4.58. The molecule has 0 aliphatic heterocycles. The highest BCUT2D eigenvalue weighted by Crippen LogP contribution is 2.27. The molecule has 0 aliphatic rings. The molecule has 0 radical (unpaired) electrons. The van der Waals surface area contributed by atoms with Crippen molar-refractivity contribution >= 4 is 23.4 Å². The van der Waals surface area contributed by atoms with Crippen molar-refractivity contribution in [3.05, 3.63) is 23.8 Å². The van der Waals surface area contributed by atoms with E-state index in [1.807, 2.05) is 25.1 Å². The molecule has 0 atom stereocenters. The monoisotopic (exact) mass is 224 g/mol. The number of aryl methyl sites for hydroxylation is 1. The summed E-state index contributed by atoms with van der Waals surface area (Å²) in [6, 6.07) is 5.86. The number of rotatable bonds is 3. The first kappa shape index (κ1) is 11.9. The van der Waals surface area contributed by atoms with Crippen LogP contribution in [0.25, 0.3) is 0 Å². The Morgan fingerprint density at radius 3 is 2.73 bits per heavy atom. The summed E-state index contributed by atoms with van der Waals surface area (Å²) in [6.45, 7) is 1.97. The third kappa shape index (κ3) is 3.16. The lowest BCUT2D eigenvalue weighted by molar-refractivity contribution is -0.125. The zero-order chi connectivity index (χ0) is 11.4. The summed E-state index contributed by atoms with van der Waals surface area (Å²) < 4.78 is 0. The highest BCUT2D eigenvalue weighted by molar-refractivity contribution is 8.00. The van der Waals surface area contributed by atoms with Gasteiger partial charge in [-0.15, -0.1) is 11.8 Å². The molecule has 1 aromatic carbocycles. The normalized spacial score (nSPS) is 10.1. The number of carbonyl (C=O) groups excluding carboxylic acids is 1. The number of thioether (sulfide) groups is 1. The standard InChI is InChI=1S/C11H16N2OS/c1-8-5-4-6-9(11(8)12)15-7-10(14)13(2)3/h4-6H,7,12H2,1-3H3. The zero-order valence-corrected chi connectivity index (χ0v) is 10.1. The molecule has 0 bridgehead atoms. The van der Waals surface area contributed by atoms with Gasteiger partial charge in [-0.25, -0.2) is 0 Å². The van der Waals surface area contributed by atoms with Gasteiger partial charge in [-0.05, 0) is 18.6 Å². The fraction of sp³-hybridized carbons (Fsp3) is 0.364. The van der Waals surface area contributed by atoms with Crippen molar-refractivity contribution in [1.29, 1.82) is 0 Å².